The van der Waals surface area contributed by atoms with Gasteiger partial charge in [0.15, 0.2) is 0 Å². The molecule has 0 aromatic heterocycles. The van der Waals surface area contributed by atoms with E-state index < -0.39 is 11.8 Å². The first-order chi connectivity index (χ1) is 7.93. The SMILES string of the molecule is Cc1ccc(CCNC(=O)C(N)=O)c(C)c1C. The Morgan fingerprint density at radius 1 is 1.18 bits per heavy atom. The molecule has 0 aliphatic carbocycles. The third-order valence-electron chi connectivity index (χ3n) is 3.07. The molecule has 1 rings (SSSR count). The highest BCUT2D eigenvalue weighted by molar-refractivity contribution is 6.34. The van der Waals surface area contributed by atoms with E-state index in [2.05, 4.69) is 32.2 Å². The molecule has 92 valence electrons. The molecule has 2 amide bonds. The van der Waals surface area contributed by atoms with Crippen LogP contribution < -0.4 is 11.1 Å². The standard InChI is InChI=1S/C13H18N2O2/c1-8-4-5-11(10(3)9(8)2)6-7-15-13(17)12(14)16/h4-5H,6-7H2,1-3H3,(H2,14,16)(H,15,17). The van der Waals surface area contributed by atoms with Crippen molar-refractivity contribution in [1.82, 2.24) is 5.32 Å². The topological polar surface area (TPSA) is 72.2 Å². The lowest BCUT2D eigenvalue weighted by Gasteiger charge is -2.11. The Morgan fingerprint density at radius 3 is 2.41 bits per heavy atom. The van der Waals surface area contributed by atoms with Gasteiger partial charge in [-0.05, 0) is 49.4 Å². The Bertz CT molecular complexity index is 453. The van der Waals surface area contributed by atoms with Gasteiger partial charge in [0.1, 0.15) is 0 Å². The number of nitrogens with two attached hydrogens (primary N) is 1. The summed E-state index contributed by atoms with van der Waals surface area (Å²) in [5, 5.41) is 2.48. The van der Waals surface area contributed by atoms with Crippen LogP contribution in [0, 0.1) is 20.8 Å². The van der Waals surface area contributed by atoms with Crippen LogP contribution in [0.25, 0.3) is 0 Å². The van der Waals surface area contributed by atoms with Gasteiger partial charge in [-0.2, -0.15) is 0 Å². The molecule has 1 aromatic rings. The lowest BCUT2D eigenvalue weighted by atomic mass is 9.97. The number of amides is 2. The number of nitrogens with one attached hydrogen (secondary N) is 1. The van der Waals surface area contributed by atoms with Crippen LogP contribution in [0.2, 0.25) is 0 Å². The molecule has 1 aromatic carbocycles. The molecule has 4 nitrogen and oxygen atoms in total. The molecular formula is C13H18N2O2. The Kier molecular flexibility index (Phi) is 4.26. The lowest BCUT2D eigenvalue weighted by Crippen LogP contribution is -2.37. The number of rotatable bonds is 3. The fourth-order valence-electron chi connectivity index (χ4n) is 1.68. The van der Waals surface area contributed by atoms with Crippen molar-refractivity contribution in [1.29, 1.82) is 0 Å². The maximum Gasteiger partial charge on any atom is 0.309 e. The molecule has 0 bridgehead atoms. The molecule has 0 fully saturated rings. The first-order valence-corrected chi connectivity index (χ1v) is 5.56. The first kappa shape index (κ1) is 13.2. The van der Waals surface area contributed by atoms with Crippen molar-refractivity contribution < 1.29 is 9.59 Å². The van der Waals surface area contributed by atoms with Crippen molar-refractivity contribution in [3.63, 3.8) is 0 Å². The second kappa shape index (κ2) is 5.48. The summed E-state index contributed by atoms with van der Waals surface area (Å²) in [6.45, 7) is 6.63. The third-order valence-corrected chi connectivity index (χ3v) is 3.07. The molecule has 0 aliphatic rings. The molecule has 0 unspecified atom stereocenters. The van der Waals surface area contributed by atoms with Gasteiger partial charge in [0.25, 0.3) is 0 Å². The van der Waals surface area contributed by atoms with E-state index in [1.54, 1.807) is 0 Å². The molecule has 0 aliphatic heterocycles. The maximum absolute atomic E-state index is 11.0. The number of carbonyl (C=O) groups excluding carboxylic acids is 2. The van der Waals surface area contributed by atoms with Crippen LogP contribution in [0.3, 0.4) is 0 Å². The summed E-state index contributed by atoms with van der Waals surface area (Å²) in [6.07, 6.45) is 0.700. The Labute approximate surface area is 101 Å². The van der Waals surface area contributed by atoms with Crippen molar-refractivity contribution in [2.75, 3.05) is 6.54 Å². The summed E-state index contributed by atoms with van der Waals surface area (Å²) >= 11 is 0. The summed E-state index contributed by atoms with van der Waals surface area (Å²) in [5.41, 5.74) is 9.78. The molecule has 0 heterocycles. The Morgan fingerprint density at radius 2 is 1.82 bits per heavy atom. The molecule has 17 heavy (non-hydrogen) atoms. The van der Waals surface area contributed by atoms with Gasteiger partial charge in [-0.1, -0.05) is 12.1 Å². The van der Waals surface area contributed by atoms with E-state index in [9.17, 15) is 9.59 Å². The number of carbonyl (C=O) groups is 2. The van der Waals surface area contributed by atoms with E-state index in [1.807, 2.05) is 6.07 Å². The number of benzene rings is 1. The summed E-state index contributed by atoms with van der Waals surface area (Å²) in [7, 11) is 0. The predicted molar refractivity (Wildman–Crippen MR) is 66.6 cm³/mol. The molecule has 0 saturated heterocycles. The smallest absolute Gasteiger partial charge is 0.309 e. The highest BCUT2D eigenvalue weighted by Gasteiger charge is 2.08. The summed E-state index contributed by atoms with van der Waals surface area (Å²) in [6, 6.07) is 4.11. The zero-order valence-corrected chi connectivity index (χ0v) is 10.5. The van der Waals surface area contributed by atoms with Crippen LogP contribution >= 0.6 is 0 Å². The lowest BCUT2D eigenvalue weighted by molar-refractivity contribution is -0.137. The van der Waals surface area contributed by atoms with Crippen LogP contribution in [0.15, 0.2) is 12.1 Å². The van der Waals surface area contributed by atoms with E-state index in [4.69, 9.17) is 5.73 Å². The number of aryl methyl sites for hydroxylation is 1. The fourth-order valence-corrected chi connectivity index (χ4v) is 1.68. The van der Waals surface area contributed by atoms with Gasteiger partial charge < -0.3 is 11.1 Å². The van der Waals surface area contributed by atoms with Gasteiger partial charge in [0, 0.05) is 6.54 Å². The maximum atomic E-state index is 11.0. The zero-order valence-electron chi connectivity index (χ0n) is 10.5. The Hall–Kier alpha value is -1.84. The van der Waals surface area contributed by atoms with Gasteiger partial charge in [-0.15, -0.1) is 0 Å². The highest BCUT2D eigenvalue weighted by atomic mass is 16.2. The molecule has 0 saturated carbocycles. The Balaban J connectivity index is 2.62. The second-order valence-corrected chi connectivity index (χ2v) is 4.16. The molecule has 3 N–H and O–H groups in total. The monoisotopic (exact) mass is 234 g/mol. The third kappa shape index (κ3) is 3.31. The average molecular weight is 234 g/mol. The van der Waals surface area contributed by atoms with Crippen molar-refractivity contribution in [2.24, 2.45) is 5.73 Å². The van der Waals surface area contributed by atoms with E-state index in [1.165, 1.54) is 22.3 Å². The molecule has 0 radical (unpaired) electrons. The second-order valence-electron chi connectivity index (χ2n) is 4.16. The van der Waals surface area contributed by atoms with Crippen molar-refractivity contribution in [3.8, 4) is 0 Å². The van der Waals surface area contributed by atoms with Crippen LogP contribution in [0.5, 0.6) is 0 Å². The highest BCUT2D eigenvalue weighted by Crippen LogP contribution is 2.17. The van der Waals surface area contributed by atoms with E-state index >= 15 is 0 Å². The summed E-state index contributed by atoms with van der Waals surface area (Å²) in [5.74, 6) is -1.67. The van der Waals surface area contributed by atoms with Crippen LogP contribution in [0.1, 0.15) is 22.3 Å². The minimum atomic E-state index is -0.943. The van der Waals surface area contributed by atoms with Gasteiger partial charge in [0.2, 0.25) is 0 Å². The molecule has 4 heteroatoms. The normalized spacial score (nSPS) is 10.1. The van der Waals surface area contributed by atoms with Gasteiger partial charge in [-0.3, -0.25) is 9.59 Å². The number of hydrogen-bond donors (Lipinski definition) is 2. The zero-order chi connectivity index (χ0) is 13.0. The van der Waals surface area contributed by atoms with E-state index in [0.29, 0.717) is 13.0 Å². The predicted octanol–water partition coefficient (Wildman–Crippen LogP) is 0.756. The van der Waals surface area contributed by atoms with Gasteiger partial charge in [0.05, 0.1) is 0 Å². The number of hydrogen-bond acceptors (Lipinski definition) is 2. The van der Waals surface area contributed by atoms with Crippen molar-refractivity contribution >= 4 is 11.8 Å². The van der Waals surface area contributed by atoms with Crippen LogP contribution in [-0.2, 0) is 16.0 Å². The largest absolute Gasteiger partial charge is 0.361 e. The molecule has 0 spiro atoms. The summed E-state index contributed by atoms with van der Waals surface area (Å²) in [4.78, 5) is 21.5. The minimum Gasteiger partial charge on any atom is -0.361 e. The van der Waals surface area contributed by atoms with Gasteiger partial charge >= 0.3 is 11.8 Å². The van der Waals surface area contributed by atoms with E-state index in [0.717, 1.165) is 0 Å². The average Bonchev–Trinajstić information content (AvgIpc) is 2.28. The van der Waals surface area contributed by atoms with Crippen LogP contribution in [-0.4, -0.2) is 18.4 Å². The molecular weight excluding hydrogens is 216 g/mol. The van der Waals surface area contributed by atoms with E-state index in [-0.39, 0.29) is 0 Å². The van der Waals surface area contributed by atoms with Crippen LogP contribution in [0.4, 0.5) is 0 Å². The minimum absolute atomic E-state index is 0.422. The quantitative estimate of drug-likeness (QED) is 0.758. The molecule has 0 atom stereocenters. The van der Waals surface area contributed by atoms with Crippen molar-refractivity contribution in [2.45, 2.75) is 27.2 Å². The van der Waals surface area contributed by atoms with Gasteiger partial charge in [-0.25, -0.2) is 0 Å². The number of primary amides is 1. The van der Waals surface area contributed by atoms with Crippen molar-refractivity contribution in [3.05, 3.63) is 34.4 Å². The first-order valence-electron chi connectivity index (χ1n) is 5.56. The fraction of sp³-hybridized carbons (Fsp3) is 0.385. The summed E-state index contributed by atoms with van der Waals surface area (Å²) < 4.78 is 0.